The number of allylic oxidation sites excluding steroid dienone is 2. The Kier molecular flexibility index (Phi) is 6.78. The Labute approximate surface area is 260 Å². The van der Waals surface area contributed by atoms with E-state index in [4.69, 9.17) is 21.3 Å². The SMILES string of the molecule is Cc1cc(Br)cc2c(C(=O)OCC(=O)c3ccc(Cl)cc3)cc(-c3ccc(N4C(=O)C5C6C=CC(C6)C5C4=O)cc3)nc12. The third-order valence-electron chi connectivity index (χ3n) is 8.68. The van der Waals surface area contributed by atoms with Crippen LogP contribution in [0.2, 0.25) is 5.02 Å². The highest BCUT2D eigenvalue weighted by atomic mass is 79.9. The minimum atomic E-state index is -0.659. The molecule has 9 heteroatoms. The molecule has 2 bridgehead atoms. The van der Waals surface area contributed by atoms with Crippen molar-refractivity contribution < 1.29 is 23.9 Å². The van der Waals surface area contributed by atoms with Crippen LogP contribution in [0.3, 0.4) is 0 Å². The van der Waals surface area contributed by atoms with Gasteiger partial charge in [0, 0.05) is 26.0 Å². The van der Waals surface area contributed by atoms with Crippen molar-refractivity contribution in [2.75, 3.05) is 11.5 Å². The second-order valence-corrected chi connectivity index (χ2v) is 12.6. The van der Waals surface area contributed by atoms with Gasteiger partial charge in [-0.1, -0.05) is 51.8 Å². The fourth-order valence-corrected chi connectivity index (χ4v) is 7.34. The molecule has 0 radical (unpaired) electrons. The first-order valence-electron chi connectivity index (χ1n) is 13.9. The van der Waals surface area contributed by atoms with Gasteiger partial charge >= 0.3 is 5.97 Å². The number of amides is 2. The first kappa shape index (κ1) is 27.7. The molecule has 1 saturated heterocycles. The molecule has 3 aromatic carbocycles. The number of ketones is 1. The van der Waals surface area contributed by atoms with Crippen LogP contribution >= 0.6 is 27.5 Å². The molecule has 43 heavy (non-hydrogen) atoms. The van der Waals surface area contributed by atoms with E-state index in [9.17, 15) is 19.2 Å². The Balaban J connectivity index is 1.19. The number of aromatic nitrogens is 1. The summed E-state index contributed by atoms with van der Waals surface area (Å²) in [5, 5.41) is 1.09. The molecule has 1 aliphatic heterocycles. The maximum atomic E-state index is 13.4. The Morgan fingerprint density at radius 3 is 2.26 bits per heavy atom. The van der Waals surface area contributed by atoms with Gasteiger partial charge in [0.2, 0.25) is 11.8 Å². The normalized spacial score (nSPS) is 22.0. The fraction of sp³-hybridized carbons (Fsp3) is 0.206. The van der Waals surface area contributed by atoms with Crippen molar-refractivity contribution >= 4 is 67.7 Å². The summed E-state index contributed by atoms with van der Waals surface area (Å²) in [4.78, 5) is 58.7. The van der Waals surface area contributed by atoms with Gasteiger partial charge in [0.1, 0.15) is 0 Å². The van der Waals surface area contributed by atoms with E-state index >= 15 is 0 Å². The van der Waals surface area contributed by atoms with Gasteiger partial charge in [0.25, 0.3) is 0 Å². The lowest BCUT2D eigenvalue weighted by molar-refractivity contribution is -0.123. The maximum Gasteiger partial charge on any atom is 0.339 e. The summed E-state index contributed by atoms with van der Waals surface area (Å²) in [6.07, 6.45) is 5.03. The third kappa shape index (κ3) is 4.69. The summed E-state index contributed by atoms with van der Waals surface area (Å²) in [7, 11) is 0. The second-order valence-electron chi connectivity index (χ2n) is 11.2. The van der Waals surface area contributed by atoms with Crippen LogP contribution in [0.1, 0.15) is 32.7 Å². The number of carbonyl (C=O) groups excluding carboxylic acids is 4. The topological polar surface area (TPSA) is 93.6 Å². The van der Waals surface area contributed by atoms with Crippen LogP contribution in [0, 0.1) is 30.6 Å². The zero-order valence-corrected chi connectivity index (χ0v) is 25.3. The molecule has 0 spiro atoms. The molecule has 4 unspecified atom stereocenters. The Morgan fingerprint density at radius 1 is 0.953 bits per heavy atom. The lowest BCUT2D eigenvalue weighted by Crippen LogP contribution is -2.32. The van der Waals surface area contributed by atoms with E-state index in [1.165, 1.54) is 4.90 Å². The number of esters is 1. The molecule has 2 fully saturated rings. The van der Waals surface area contributed by atoms with E-state index in [-0.39, 0.29) is 46.8 Å². The minimum Gasteiger partial charge on any atom is -0.454 e. The number of pyridine rings is 1. The zero-order chi connectivity index (χ0) is 30.0. The van der Waals surface area contributed by atoms with E-state index in [1.54, 1.807) is 60.7 Å². The summed E-state index contributed by atoms with van der Waals surface area (Å²) in [5.41, 5.74) is 3.84. The largest absolute Gasteiger partial charge is 0.454 e. The summed E-state index contributed by atoms with van der Waals surface area (Å²) in [6, 6.07) is 18.8. The van der Waals surface area contributed by atoms with Crippen molar-refractivity contribution in [3.8, 4) is 11.3 Å². The lowest BCUT2D eigenvalue weighted by atomic mass is 9.85. The van der Waals surface area contributed by atoms with Crippen LogP contribution in [0.15, 0.2) is 83.4 Å². The van der Waals surface area contributed by atoms with E-state index in [2.05, 4.69) is 28.1 Å². The van der Waals surface area contributed by atoms with Crippen LogP contribution in [-0.2, 0) is 14.3 Å². The van der Waals surface area contributed by atoms with Gasteiger partial charge in [-0.05, 0) is 85.3 Å². The number of fused-ring (bicyclic) bond motifs is 6. The maximum absolute atomic E-state index is 13.4. The van der Waals surface area contributed by atoms with Crippen molar-refractivity contribution in [1.29, 1.82) is 0 Å². The molecule has 4 atom stereocenters. The Morgan fingerprint density at radius 2 is 1.60 bits per heavy atom. The first-order valence-corrected chi connectivity index (χ1v) is 15.1. The molecular weight excluding hydrogens is 632 g/mol. The van der Waals surface area contributed by atoms with Crippen LogP contribution in [-0.4, -0.2) is 35.2 Å². The summed E-state index contributed by atoms with van der Waals surface area (Å²) in [6.45, 7) is 1.47. The lowest BCUT2D eigenvalue weighted by Gasteiger charge is -2.18. The van der Waals surface area contributed by atoms with Crippen molar-refractivity contribution in [2.24, 2.45) is 23.7 Å². The smallest absolute Gasteiger partial charge is 0.339 e. The molecule has 214 valence electrons. The van der Waals surface area contributed by atoms with Crippen molar-refractivity contribution in [1.82, 2.24) is 4.98 Å². The van der Waals surface area contributed by atoms with Gasteiger partial charge in [-0.25, -0.2) is 9.78 Å². The van der Waals surface area contributed by atoms with E-state index in [0.717, 1.165) is 16.5 Å². The average Bonchev–Trinajstić information content (AvgIpc) is 3.69. The van der Waals surface area contributed by atoms with Crippen molar-refractivity contribution in [3.63, 3.8) is 0 Å². The fourth-order valence-electron chi connectivity index (χ4n) is 6.64. The molecule has 1 aromatic heterocycles. The summed E-state index contributed by atoms with van der Waals surface area (Å²) in [5.74, 6) is -1.55. The van der Waals surface area contributed by atoms with Crippen LogP contribution in [0.5, 0.6) is 0 Å². The molecular formula is C34H24BrClN2O5. The number of rotatable bonds is 6. The molecule has 4 aromatic rings. The Hall–Kier alpha value is -4.14. The summed E-state index contributed by atoms with van der Waals surface area (Å²) >= 11 is 9.42. The molecule has 2 aliphatic carbocycles. The molecule has 7 rings (SSSR count). The highest BCUT2D eigenvalue weighted by molar-refractivity contribution is 9.10. The summed E-state index contributed by atoms with van der Waals surface area (Å²) < 4.78 is 6.24. The molecule has 1 saturated carbocycles. The average molecular weight is 656 g/mol. The zero-order valence-electron chi connectivity index (χ0n) is 22.9. The molecule has 0 N–H and O–H groups in total. The van der Waals surface area contributed by atoms with Crippen LogP contribution < -0.4 is 4.90 Å². The number of anilines is 1. The van der Waals surface area contributed by atoms with Gasteiger partial charge in [0.05, 0.1) is 34.3 Å². The molecule has 2 amide bonds. The number of ether oxygens (including phenoxy) is 1. The van der Waals surface area contributed by atoms with E-state index < -0.39 is 12.6 Å². The number of hydrogen-bond donors (Lipinski definition) is 0. The number of benzene rings is 3. The van der Waals surface area contributed by atoms with Gasteiger partial charge in [0.15, 0.2) is 12.4 Å². The van der Waals surface area contributed by atoms with Gasteiger partial charge in [-0.2, -0.15) is 0 Å². The quantitative estimate of drug-likeness (QED) is 0.0964. The Bertz CT molecular complexity index is 1860. The minimum absolute atomic E-state index is 0.136. The van der Waals surface area contributed by atoms with Crippen LogP contribution in [0.4, 0.5) is 5.69 Å². The van der Waals surface area contributed by atoms with Gasteiger partial charge in [-0.3, -0.25) is 19.3 Å². The number of hydrogen-bond acceptors (Lipinski definition) is 6. The number of Topliss-reactive ketones (excluding diaryl/α,β-unsaturated/α-hetero) is 1. The number of carbonyl (C=O) groups is 4. The number of aryl methyl sites for hydroxylation is 1. The van der Waals surface area contributed by atoms with E-state index in [0.29, 0.717) is 38.4 Å². The number of imide groups is 1. The monoisotopic (exact) mass is 654 g/mol. The highest BCUT2D eigenvalue weighted by Gasteiger charge is 2.59. The molecule has 2 heterocycles. The van der Waals surface area contributed by atoms with Crippen molar-refractivity contribution in [3.05, 3.63) is 105 Å². The first-order chi connectivity index (χ1) is 20.7. The van der Waals surface area contributed by atoms with Gasteiger partial charge < -0.3 is 4.74 Å². The number of halogens is 2. The second kappa shape index (κ2) is 10.5. The van der Waals surface area contributed by atoms with Crippen molar-refractivity contribution in [2.45, 2.75) is 13.3 Å². The van der Waals surface area contributed by atoms with E-state index in [1.807, 2.05) is 13.0 Å². The standard InChI is InChI=1S/C34H24BrClN2O5/c1-17-12-22(35)14-25-26(34(42)43-16-28(39)19-4-8-23(36)9-5-19)15-27(37-31(17)25)18-6-10-24(11-7-18)38-32(40)29-20-2-3-21(13-20)30(29)33(38)41/h2-12,14-15,20-21,29-30H,13,16H2,1H3. The third-order valence-corrected chi connectivity index (χ3v) is 9.39. The van der Waals surface area contributed by atoms with Gasteiger partial charge in [-0.15, -0.1) is 0 Å². The molecule has 7 nitrogen and oxygen atoms in total. The highest BCUT2D eigenvalue weighted by Crippen LogP contribution is 2.53. The van der Waals surface area contributed by atoms with Crippen LogP contribution in [0.25, 0.3) is 22.2 Å². The predicted molar refractivity (Wildman–Crippen MR) is 166 cm³/mol. The predicted octanol–water partition coefficient (Wildman–Crippen LogP) is 6.98. The number of nitrogens with zero attached hydrogens (tertiary/aromatic N) is 2. The molecule has 3 aliphatic rings.